The summed E-state index contributed by atoms with van der Waals surface area (Å²) in [6, 6.07) is 6.30. The standard InChI is InChI=1S/C19H15F3N2O2/c1-10-18(19-16(21)6-12(20)7-17(19)22)15(9-23-24-10)11-4-13(25-2)8-14(5-11)26-3/h4-9H,1-3H3. The van der Waals surface area contributed by atoms with Gasteiger partial charge in [0.15, 0.2) is 0 Å². The van der Waals surface area contributed by atoms with Crippen LogP contribution in [0.25, 0.3) is 22.3 Å². The molecule has 3 rings (SSSR count). The molecule has 0 radical (unpaired) electrons. The molecule has 0 spiro atoms. The normalized spacial score (nSPS) is 10.7. The van der Waals surface area contributed by atoms with Crippen LogP contribution in [0.5, 0.6) is 11.5 Å². The fourth-order valence-electron chi connectivity index (χ4n) is 2.76. The number of benzene rings is 2. The number of aryl methyl sites for hydroxylation is 1. The summed E-state index contributed by atoms with van der Waals surface area (Å²) in [5, 5.41) is 7.78. The molecule has 0 unspecified atom stereocenters. The highest BCUT2D eigenvalue weighted by Gasteiger charge is 2.21. The van der Waals surface area contributed by atoms with Gasteiger partial charge in [0.2, 0.25) is 0 Å². The lowest BCUT2D eigenvalue weighted by molar-refractivity contribution is 0.394. The molecule has 0 aliphatic carbocycles. The highest BCUT2D eigenvalue weighted by atomic mass is 19.1. The molecule has 0 aliphatic rings. The van der Waals surface area contributed by atoms with E-state index >= 15 is 0 Å². The second kappa shape index (κ2) is 7.03. The molecule has 1 heterocycles. The predicted octanol–water partition coefficient (Wildman–Crippen LogP) is 4.55. The Hall–Kier alpha value is -3.09. The Morgan fingerprint density at radius 3 is 1.92 bits per heavy atom. The van der Waals surface area contributed by atoms with E-state index in [0.29, 0.717) is 40.5 Å². The van der Waals surface area contributed by atoms with Gasteiger partial charge >= 0.3 is 0 Å². The van der Waals surface area contributed by atoms with Crippen LogP contribution in [0.4, 0.5) is 13.2 Å². The van der Waals surface area contributed by atoms with Crippen molar-refractivity contribution in [3.8, 4) is 33.8 Å². The van der Waals surface area contributed by atoms with Crippen LogP contribution in [-0.4, -0.2) is 24.4 Å². The van der Waals surface area contributed by atoms with Gasteiger partial charge in [-0.25, -0.2) is 13.2 Å². The van der Waals surface area contributed by atoms with Crippen LogP contribution in [0.2, 0.25) is 0 Å². The highest BCUT2D eigenvalue weighted by Crippen LogP contribution is 2.39. The third-order valence-electron chi connectivity index (χ3n) is 3.95. The fourth-order valence-corrected chi connectivity index (χ4v) is 2.76. The van der Waals surface area contributed by atoms with E-state index in [1.54, 1.807) is 25.1 Å². The van der Waals surface area contributed by atoms with Crippen molar-refractivity contribution in [3.63, 3.8) is 0 Å². The molecule has 0 bridgehead atoms. The molecule has 26 heavy (non-hydrogen) atoms. The molecule has 0 aliphatic heterocycles. The summed E-state index contributed by atoms with van der Waals surface area (Å²) in [6.45, 7) is 1.57. The second-order valence-corrected chi connectivity index (χ2v) is 5.56. The zero-order chi connectivity index (χ0) is 18.8. The van der Waals surface area contributed by atoms with Crippen LogP contribution in [0.3, 0.4) is 0 Å². The van der Waals surface area contributed by atoms with E-state index in [1.165, 1.54) is 20.4 Å². The molecule has 1 aromatic heterocycles. The summed E-state index contributed by atoms with van der Waals surface area (Å²) in [7, 11) is 2.99. The second-order valence-electron chi connectivity index (χ2n) is 5.56. The average Bonchev–Trinajstić information content (AvgIpc) is 2.61. The van der Waals surface area contributed by atoms with E-state index in [9.17, 15) is 13.2 Å². The minimum Gasteiger partial charge on any atom is -0.497 e. The topological polar surface area (TPSA) is 44.2 Å². The number of hydrogen-bond acceptors (Lipinski definition) is 4. The monoisotopic (exact) mass is 360 g/mol. The van der Waals surface area contributed by atoms with E-state index in [-0.39, 0.29) is 11.1 Å². The summed E-state index contributed by atoms with van der Waals surface area (Å²) >= 11 is 0. The van der Waals surface area contributed by atoms with Crippen molar-refractivity contribution < 1.29 is 22.6 Å². The minimum absolute atomic E-state index is 0.185. The molecular formula is C19H15F3N2O2. The first-order chi connectivity index (χ1) is 12.4. The van der Waals surface area contributed by atoms with Gasteiger partial charge in [0, 0.05) is 29.3 Å². The molecule has 4 nitrogen and oxygen atoms in total. The quantitative estimate of drug-likeness (QED) is 0.685. The third kappa shape index (κ3) is 3.20. The number of methoxy groups -OCH3 is 2. The smallest absolute Gasteiger partial charge is 0.136 e. The van der Waals surface area contributed by atoms with Gasteiger partial charge in [-0.05, 0) is 24.6 Å². The lowest BCUT2D eigenvalue weighted by Crippen LogP contribution is -2.00. The molecule has 3 aromatic rings. The Bertz CT molecular complexity index is 932. The van der Waals surface area contributed by atoms with Gasteiger partial charge in [0.05, 0.1) is 31.7 Å². The first kappa shape index (κ1) is 17.7. The van der Waals surface area contributed by atoms with Gasteiger partial charge in [-0.3, -0.25) is 0 Å². The highest BCUT2D eigenvalue weighted by molar-refractivity contribution is 5.85. The Morgan fingerprint density at radius 1 is 0.808 bits per heavy atom. The van der Waals surface area contributed by atoms with E-state index in [2.05, 4.69) is 10.2 Å². The maximum atomic E-state index is 14.4. The maximum Gasteiger partial charge on any atom is 0.136 e. The molecule has 0 atom stereocenters. The number of aromatic nitrogens is 2. The van der Waals surface area contributed by atoms with Crippen molar-refractivity contribution in [1.29, 1.82) is 0 Å². The fraction of sp³-hybridized carbons (Fsp3) is 0.158. The van der Waals surface area contributed by atoms with Gasteiger partial charge in [-0.15, -0.1) is 0 Å². The van der Waals surface area contributed by atoms with Crippen LogP contribution in [0, 0.1) is 24.4 Å². The van der Waals surface area contributed by atoms with Crippen LogP contribution in [0.1, 0.15) is 5.69 Å². The van der Waals surface area contributed by atoms with Gasteiger partial charge in [0.25, 0.3) is 0 Å². The molecule has 0 N–H and O–H groups in total. The Labute approximate surface area is 148 Å². The Balaban J connectivity index is 2.32. The summed E-state index contributed by atoms with van der Waals surface area (Å²) in [5.41, 5.74) is 1.10. The van der Waals surface area contributed by atoms with Crippen molar-refractivity contribution in [3.05, 3.63) is 59.7 Å². The van der Waals surface area contributed by atoms with Crippen LogP contribution in [0.15, 0.2) is 36.5 Å². The van der Waals surface area contributed by atoms with E-state index < -0.39 is 17.5 Å². The molecule has 0 saturated heterocycles. The maximum absolute atomic E-state index is 14.4. The lowest BCUT2D eigenvalue weighted by atomic mass is 9.94. The van der Waals surface area contributed by atoms with Gasteiger partial charge in [0.1, 0.15) is 29.0 Å². The SMILES string of the molecule is COc1cc(OC)cc(-c2cnnc(C)c2-c2c(F)cc(F)cc2F)c1. The van der Waals surface area contributed by atoms with E-state index in [1.807, 2.05) is 0 Å². The predicted molar refractivity (Wildman–Crippen MR) is 90.6 cm³/mol. The summed E-state index contributed by atoms with van der Waals surface area (Å²) in [4.78, 5) is 0. The van der Waals surface area contributed by atoms with Crippen LogP contribution >= 0.6 is 0 Å². The van der Waals surface area contributed by atoms with E-state index in [0.717, 1.165) is 0 Å². The van der Waals surface area contributed by atoms with Gasteiger partial charge < -0.3 is 9.47 Å². The number of nitrogens with zero attached hydrogens (tertiary/aromatic N) is 2. The zero-order valence-electron chi connectivity index (χ0n) is 14.3. The summed E-state index contributed by atoms with van der Waals surface area (Å²) in [6.07, 6.45) is 1.39. The molecular weight excluding hydrogens is 345 g/mol. The van der Waals surface area contributed by atoms with Crippen molar-refractivity contribution in [2.75, 3.05) is 14.2 Å². The Morgan fingerprint density at radius 2 is 1.38 bits per heavy atom. The largest absolute Gasteiger partial charge is 0.497 e. The molecule has 0 amide bonds. The number of halogens is 3. The van der Waals surface area contributed by atoms with Crippen molar-refractivity contribution in [2.45, 2.75) is 6.92 Å². The summed E-state index contributed by atoms with van der Waals surface area (Å²) < 4.78 is 52.6. The lowest BCUT2D eigenvalue weighted by Gasteiger charge is -2.15. The minimum atomic E-state index is -1.02. The van der Waals surface area contributed by atoms with Crippen molar-refractivity contribution in [1.82, 2.24) is 10.2 Å². The van der Waals surface area contributed by atoms with E-state index in [4.69, 9.17) is 9.47 Å². The molecule has 7 heteroatoms. The molecule has 0 fully saturated rings. The summed E-state index contributed by atoms with van der Waals surface area (Å²) in [5.74, 6) is -2.03. The first-order valence-corrected chi connectivity index (χ1v) is 7.65. The van der Waals surface area contributed by atoms with Crippen molar-refractivity contribution in [2.24, 2.45) is 0 Å². The number of hydrogen-bond donors (Lipinski definition) is 0. The number of ether oxygens (including phenoxy) is 2. The van der Waals surface area contributed by atoms with Gasteiger partial charge in [-0.2, -0.15) is 10.2 Å². The van der Waals surface area contributed by atoms with Crippen molar-refractivity contribution >= 4 is 0 Å². The molecule has 0 saturated carbocycles. The molecule has 134 valence electrons. The number of rotatable bonds is 4. The zero-order valence-corrected chi connectivity index (χ0v) is 14.3. The van der Waals surface area contributed by atoms with Crippen LogP contribution < -0.4 is 9.47 Å². The third-order valence-corrected chi connectivity index (χ3v) is 3.95. The Kier molecular flexibility index (Phi) is 4.79. The first-order valence-electron chi connectivity index (χ1n) is 7.65. The van der Waals surface area contributed by atoms with Gasteiger partial charge in [-0.1, -0.05) is 0 Å². The van der Waals surface area contributed by atoms with Crippen LogP contribution in [-0.2, 0) is 0 Å². The average molecular weight is 360 g/mol. The molecule has 2 aromatic carbocycles.